The van der Waals surface area contributed by atoms with Crippen LogP contribution in [-0.4, -0.2) is 41.1 Å². The maximum atomic E-state index is 12.6. The number of carbonyl (C=O) groups excluding carboxylic acids is 3. The van der Waals surface area contributed by atoms with Gasteiger partial charge in [0.25, 0.3) is 0 Å². The molecule has 9 nitrogen and oxygen atoms in total. The van der Waals surface area contributed by atoms with E-state index in [1.54, 1.807) is 19.9 Å². The second-order valence-corrected chi connectivity index (χ2v) is 10.5. The van der Waals surface area contributed by atoms with Crippen molar-refractivity contribution in [1.82, 2.24) is 0 Å². The average Bonchev–Trinajstić information content (AvgIpc) is 2.90. The monoisotopic (exact) mass is 563 g/mol. The first-order chi connectivity index (χ1) is 19.0. The molecule has 0 aromatic heterocycles. The summed E-state index contributed by atoms with van der Waals surface area (Å²) >= 11 is 0. The predicted octanol–water partition coefficient (Wildman–Crippen LogP) is 6.30. The third-order valence-corrected chi connectivity index (χ3v) is 7.05. The fourth-order valence-electron chi connectivity index (χ4n) is 4.46. The maximum Gasteiger partial charge on any atom is 0.321 e. The summed E-state index contributed by atoms with van der Waals surface area (Å²) in [5.74, 6) is -3.65. The second kappa shape index (κ2) is 19.2. The fourth-order valence-corrected chi connectivity index (χ4v) is 4.46. The SMILES string of the molecule is CCCCCC(=O)Oc1ccc(C(C(C)C(C)OC(=O)CCCCC)[C@H](N)C(=O)O)cc1OC(=O)CCCCC. The van der Waals surface area contributed by atoms with Crippen molar-refractivity contribution < 1.29 is 38.5 Å². The molecule has 1 aromatic carbocycles. The fraction of sp³-hybridized carbons (Fsp3) is 0.677. The van der Waals surface area contributed by atoms with Crippen molar-refractivity contribution >= 4 is 23.9 Å². The Morgan fingerprint density at radius 1 is 0.750 bits per heavy atom. The Kier molecular flexibility index (Phi) is 16.8. The number of ether oxygens (including phenoxy) is 3. The van der Waals surface area contributed by atoms with Gasteiger partial charge in [-0.3, -0.25) is 19.2 Å². The first-order valence-corrected chi connectivity index (χ1v) is 14.8. The molecule has 9 heteroatoms. The van der Waals surface area contributed by atoms with E-state index in [4.69, 9.17) is 19.9 Å². The van der Waals surface area contributed by atoms with Crippen LogP contribution in [0.15, 0.2) is 18.2 Å². The minimum Gasteiger partial charge on any atom is -0.480 e. The van der Waals surface area contributed by atoms with Gasteiger partial charge in [-0.25, -0.2) is 0 Å². The lowest BCUT2D eigenvalue weighted by Crippen LogP contribution is -2.42. The van der Waals surface area contributed by atoms with Crippen molar-refractivity contribution in [3.8, 4) is 11.5 Å². The first kappa shape index (κ1) is 35.1. The van der Waals surface area contributed by atoms with Gasteiger partial charge in [0.2, 0.25) is 0 Å². The third-order valence-electron chi connectivity index (χ3n) is 7.05. The number of carboxylic acid groups (broad SMARTS) is 1. The highest BCUT2D eigenvalue weighted by Crippen LogP contribution is 2.37. The van der Waals surface area contributed by atoms with E-state index in [0.29, 0.717) is 18.4 Å². The number of nitrogens with two attached hydrogens (primary N) is 1. The molecule has 40 heavy (non-hydrogen) atoms. The largest absolute Gasteiger partial charge is 0.480 e. The smallest absolute Gasteiger partial charge is 0.321 e. The summed E-state index contributed by atoms with van der Waals surface area (Å²) in [7, 11) is 0. The molecule has 0 spiro atoms. The average molecular weight is 564 g/mol. The van der Waals surface area contributed by atoms with Crippen molar-refractivity contribution in [3.63, 3.8) is 0 Å². The lowest BCUT2D eigenvalue weighted by Gasteiger charge is -2.32. The highest BCUT2D eigenvalue weighted by molar-refractivity contribution is 5.77. The molecular formula is C31H49NO8. The number of benzene rings is 1. The number of hydrogen-bond acceptors (Lipinski definition) is 8. The van der Waals surface area contributed by atoms with Crippen molar-refractivity contribution in [1.29, 1.82) is 0 Å². The van der Waals surface area contributed by atoms with Gasteiger partial charge in [0.15, 0.2) is 11.5 Å². The molecule has 0 aliphatic heterocycles. The normalized spacial score (nSPS) is 14.1. The van der Waals surface area contributed by atoms with Gasteiger partial charge in [0.05, 0.1) is 0 Å². The molecule has 3 N–H and O–H groups in total. The third kappa shape index (κ3) is 12.5. The van der Waals surface area contributed by atoms with Crippen molar-refractivity contribution in [2.75, 3.05) is 0 Å². The quantitative estimate of drug-likeness (QED) is 0.106. The van der Waals surface area contributed by atoms with E-state index >= 15 is 0 Å². The molecule has 0 saturated carbocycles. The molecule has 0 aliphatic rings. The number of unbranched alkanes of at least 4 members (excludes halogenated alkanes) is 6. The molecular weight excluding hydrogens is 514 g/mol. The summed E-state index contributed by atoms with van der Waals surface area (Å²) in [5.41, 5.74) is 6.62. The summed E-state index contributed by atoms with van der Waals surface area (Å²) in [6.07, 6.45) is 7.70. The van der Waals surface area contributed by atoms with Gasteiger partial charge in [0.1, 0.15) is 12.1 Å². The van der Waals surface area contributed by atoms with Gasteiger partial charge < -0.3 is 25.1 Å². The highest BCUT2D eigenvalue weighted by Gasteiger charge is 2.35. The molecule has 0 heterocycles. The van der Waals surface area contributed by atoms with Crippen LogP contribution < -0.4 is 15.2 Å². The van der Waals surface area contributed by atoms with Crippen LogP contribution >= 0.6 is 0 Å². The van der Waals surface area contributed by atoms with Crippen LogP contribution in [0.25, 0.3) is 0 Å². The van der Waals surface area contributed by atoms with Crippen LogP contribution in [0.5, 0.6) is 11.5 Å². The summed E-state index contributed by atoms with van der Waals surface area (Å²) in [6, 6.07) is 3.29. The van der Waals surface area contributed by atoms with Crippen LogP contribution in [0, 0.1) is 5.92 Å². The van der Waals surface area contributed by atoms with Gasteiger partial charge in [-0.15, -0.1) is 0 Å². The molecule has 0 radical (unpaired) electrons. The van der Waals surface area contributed by atoms with Gasteiger partial charge >= 0.3 is 23.9 Å². The van der Waals surface area contributed by atoms with Crippen LogP contribution in [0.2, 0.25) is 0 Å². The first-order valence-electron chi connectivity index (χ1n) is 14.8. The molecule has 226 valence electrons. The summed E-state index contributed by atoms with van der Waals surface area (Å²) in [4.78, 5) is 49.4. The molecule has 3 unspecified atom stereocenters. The Labute approximate surface area is 239 Å². The van der Waals surface area contributed by atoms with E-state index in [9.17, 15) is 24.3 Å². The topological polar surface area (TPSA) is 142 Å². The molecule has 0 aliphatic carbocycles. The number of rotatable bonds is 20. The Balaban J connectivity index is 3.31. The van der Waals surface area contributed by atoms with Crippen molar-refractivity contribution in [2.24, 2.45) is 11.7 Å². The van der Waals surface area contributed by atoms with Crippen LogP contribution in [0.4, 0.5) is 0 Å². The Morgan fingerprint density at radius 2 is 1.23 bits per heavy atom. The zero-order valence-corrected chi connectivity index (χ0v) is 24.9. The van der Waals surface area contributed by atoms with E-state index < -0.39 is 41.9 Å². The Morgan fingerprint density at radius 3 is 1.70 bits per heavy atom. The Bertz CT molecular complexity index is 947. The van der Waals surface area contributed by atoms with Crippen molar-refractivity contribution in [2.45, 2.75) is 130 Å². The number of esters is 3. The summed E-state index contributed by atoms with van der Waals surface area (Å²) < 4.78 is 16.8. The Hall–Kier alpha value is -2.94. The van der Waals surface area contributed by atoms with E-state index in [2.05, 4.69) is 0 Å². The molecule has 0 amide bonds. The van der Waals surface area contributed by atoms with Crippen LogP contribution in [0.3, 0.4) is 0 Å². The number of hydrogen-bond donors (Lipinski definition) is 2. The highest BCUT2D eigenvalue weighted by atomic mass is 16.6. The van der Waals surface area contributed by atoms with Gasteiger partial charge in [-0.05, 0) is 43.9 Å². The van der Waals surface area contributed by atoms with E-state index in [-0.39, 0.29) is 36.7 Å². The van der Waals surface area contributed by atoms with Crippen molar-refractivity contribution in [3.05, 3.63) is 23.8 Å². The van der Waals surface area contributed by atoms with Crippen LogP contribution in [0.1, 0.15) is 123 Å². The molecule has 1 rings (SSSR count). The van der Waals surface area contributed by atoms with Gasteiger partial charge in [-0.2, -0.15) is 0 Å². The number of carbonyl (C=O) groups is 4. The summed E-state index contributed by atoms with van der Waals surface area (Å²) in [5, 5.41) is 9.79. The standard InChI is InChI=1S/C31H49NO8/c1-6-9-12-15-26(33)38-22(5)21(4)29(30(32)31(36)37)23-18-19-24(39-27(34)16-13-10-7-2)25(20-23)40-28(35)17-14-11-8-3/h18-22,29-30H,6-17,32H2,1-5H3,(H,36,37)/t21?,22?,29?,30-/m0/s1. The minimum absolute atomic E-state index is 0.0295. The maximum absolute atomic E-state index is 12.6. The number of aliphatic carboxylic acids is 1. The molecule has 4 atom stereocenters. The summed E-state index contributed by atoms with van der Waals surface area (Å²) in [6.45, 7) is 9.60. The van der Waals surface area contributed by atoms with Gasteiger partial charge in [-0.1, -0.05) is 72.3 Å². The molecule has 0 fully saturated rings. The number of carboxylic acids is 1. The lowest BCUT2D eigenvalue weighted by molar-refractivity contribution is -0.151. The lowest BCUT2D eigenvalue weighted by atomic mass is 9.79. The zero-order valence-electron chi connectivity index (χ0n) is 24.9. The van der Waals surface area contributed by atoms with Gasteiger partial charge in [0, 0.05) is 31.1 Å². The minimum atomic E-state index is -1.33. The van der Waals surface area contributed by atoms with E-state index in [1.165, 1.54) is 12.1 Å². The zero-order chi connectivity index (χ0) is 30.1. The predicted molar refractivity (Wildman–Crippen MR) is 153 cm³/mol. The van der Waals surface area contributed by atoms with Crippen LogP contribution in [-0.2, 0) is 23.9 Å². The second-order valence-electron chi connectivity index (χ2n) is 10.5. The molecule has 1 aromatic rings. The molecule has 0 saturated heterocycles. The molecule has 0 bridgehead atoms. The van der Waals surface area contributed by atoms with E-state index in [0.717, 1.165) is 44.9 Å². The van der Waals surface area contributed by atoms with E-state index in [1.807, 2.05) is 20.8 Å².